The number of hydrogen-bond acceptors (Lipinski definition) is 4. The SMILES string of the molecule is CC(=O)NC(C)CO.COCC(C)NC(C)=O.[CH2-]/C=C\c1ccccc1.[CH2-]/C=C\c1ccccc1.[Y].[Y]. The van der Waals surface area contributed by atoms with Crippen molar-refractivity contribution in [2.24, 2.45) is 0 Å². The summed E-state index contributed by atoms with van der Waals surface area (Å²) in [6.45, 7) is 14.3. The fourth-order valence-electron chi connectivity index (χ4n) is 2.43. The second-order valence-electron chi connectivity index (χ2n) is 7.47. The molecular weight excluding hydrogens is 618 g/mol. The molecule has 8 heteroatoms. The molecule has 2 unspecified atom stereocenters. The zero-order valence-electron chi connectivity index (χ0n) is 22.9. The van der Waals surface area contributed by atoms with Crippen LogP contribution in [0.2, 0.25) is 0 Å². The van der Waals surface area contributed by atoms with Crippen molar-refractivity contribution in [3.63, 3.8) is 0 Å². The molecule has 0 aliphatic carbocycles. The van der Waals surface area contributed by atoms with Crippen LogP contribution in [-0.4, -0.2) is 49.3 Å². The van der Waals surface area contributed by atoms with E-state index >= 15 is 0 Å². The monoisotopic (exact) mass is 660 g/mol. The van der Waals surface area contributed by atoms with Crippen molar-refractivity contribution in [2.45, 2.75) is 39.8 Å². The molecule has 3 N–H and O–H groups in total. The molecule has 37 heavy (non-hydrogen) atoms. The molecule has 2 aromatic rings. The van der Waals surface area contributed by atoms with E-state index in [-0.39, 0.29) is 95.9 Å². The number of allylic oxidation sites excluding steroid dienone is 2. The van der Waals surface area contributed by atoms with Crippen LogP contribution in [0.25, 0.3) is 12.2 Å². The Bertz CT molecular complexity index is 785. The molecule has 0 saturated carbocycles. The van der Waals surface area contributed by atoms with Crippen molar-refractivity contribution < 1.29 is 84.9 Å². The molecular formula is C29H42N2O4Y2-2. The first-order chi connectivity index (χ1) is 16.7. The summed E-state index contributed by atoms with van der Waals surface area (Å²) in [4.78, 5) is 20.6. The average Bonchev–Trinajstić information content (AvgIpc) is 2.81. The van der Waals surface area contributed by atoms with E-state index in [4.69, 9.17) is 9.84 Å². The zero-order chi connectivity index (χ0) is 26.9. The molecule has 2 rings (SSSR count). The Morgan fingerprint density at radius 2 is 1.16 bits per heavy atom. The van der Waals surface area contributed by atoms with Crippen LogP contribution >= 0.6 is 0 Å². The van der Waals surface area contributed by atoms with Gasteiger partial charge in [0.05, 0.1) is 13.2 Å². The standard InChI is InChI=1S/2C9H9.C6H13NO2.C5H11NO2.2Y/c2*1-2-6-9-7-4-3-5-8-9;1-5(4-9-3)7-6(2)8;1-4(3-7)6-5(2)8;;/h2*2-8H,1H2;5H,4H2,1-3H3,(H,7,8);4,7H,3H2,1-2H3,(H,6,8);;/q2*-1;;;;/b2*6-2-;;;;. The first kappa shape index (κ1) is 42.8. The van der Waals surface area contributed by atoms with Gasteiger partial charge in [0.25, 0.3) is 0 Å². The molecule has 0 aromatic heterocycles. The van der Waals surface area contributed by atoms with E-state index in [9.17, 15) is 9.59 Å². The summed E-state index contributed by atoms with van der Waals surface area (Å²) >= 11 is 0. The van der Waals surface area contributed by atoms with Gasteiger partial charge in [-0.3, -0.25) is 9.59 Å². The molecule has 0 saturated heterocycles. The van der Waals surface area contributed by atoms with Gasteiger partial charge in [-0.2, -0.15) is 0 Å². The Morgan fingerprint density at radius 3 is 1.41 bits per heavy atom. The Hall–Kier alpha value is -1.27. The van der Waals surface area contributed by atoms with Crippen LogP contribution in [-0.2, 0) is 79.7 Å². The van der Waals surface area contributed by atoms with Gasteiger partial charge in [0, 0.05) is 98.5 Å². The molecule has 0 fully saturated rings. The number of aliphatic hydroxyl groups excluding tert-OH is 1. The van der Waals surface area contributed by atoms with Crippen LogP contribution in [0.1, 0.15) is 38.8 Å². The third-order valence-corrected chi connectivity index (χ3v) is 3.81. The minimum atomic E-state index is -0.118. The van der Waals surface area contributed by atoms with E-state index in [1.54, 1.807) is 26.2 Å². The summed E-state index contributed by atoms with van der Waals surface area (Å²) in [7, 11) is 1.61. The number of aliphatic hydroxyl groups is 1. The molecule has 200 valence electrons. The van der Waals surface area contributed by atoms with E-state index < -0.39 is 0 Å². The number of amides is 2. The number of hydrogen-bond donors (Lipinski definition) is 3. The van der Waals surface area contributed by atoms with Crippen molar-refractivity contribution in [1.82, 2.24) is 10.6 Å². The molecule has 2 aromatic carbocycles. The minimum absolute atomic E-state index is 0. The molecule has 2 amide bonds. The molecule has 0 spiro atoms. The van der Waals surface area contributed by atoms with Crippen molar-refractivity contribution in [2.75, 3.05) is 20.3 Å². The predicted molar refractivity (Wildman–Crippen MR) is 147 cm³/mol. The van der Waals surface area contributed by atoms with Crippen LogP contribution in [0, 0.1) is 13.8 Å². The van der Waals surface area contributed by atoms with Crippen molar-refractivity contribution >= 4 is 24.0 Å². The van der Waals surface area contributed by atoms with Gasteiger partial charge in [-0.05, 0) is 13.8 Å². The third kappa shape index (κ3) is 32.7. The van der Waals surface area contributed by atoms with Gasteiger partial charge in [0.15, 0.2) is 0 Å². The number of ether oxygens (including phenoxy) is 1. The quantitative estimate of drug-likeness (QED) is 0.376. The molecule has 0 bridgehead atoms. The maximum Gasteiger partial charge on any atom is 0.217 e. The number of nitrogens with one attached hydrogen (secondary N) is 2. The van der Waals surface area contributed by atoms with E-state index in [1.165, 1.54) is 25.0 Å². The smallest absolute Gasteiger partial charge is 0.217 e. The Balaban J connectivity index is -0.000000193. The second-order valence-corrected chi connectivity index (χ2v) is 7.47. The first-order valence-corrected chi connectivity index (χ1v) is 11.4. The summed E-state index contributed by atoms with van der Waals surface area (Å²) in [5.41, 5.74) is 2.40. The molecule has 0 aliphatic rings. The average molecular weight is 660 g/mol. The predicted octanol–water partition coefficient (Wildman–Crippen LogP) is 4.72. The summed E-state index contributed by atoms with van der Waals surface area (Å²) in [6, 6.07) is 20.2. The molecule has 0 aliphatic heterocycles. The molecule has 0 heterocycles. The second kappa shape index (κ2) is 30.9. The number of methoxy groups -OCH3 is 1. The fourth-order valence-corrected chi connectivity index (χ4v) is 2.43. The normalized spacial score (nSPS) is 10.9. The van der Waals surface area contributed by atoms with E-state index in [0.717, 1.165) is 0 Å². The summed E-state index contributed by atoms with van der Waals surface area (Å²) in [5, 5.41) is 13.6. The fraction of sp³-hybridized carbons (Fsp3) is 0.310. The maximum atomic E-state index is 10.4. The largest absolute Gasteiger partial charge is 0.394 e. The topological polar surface area (TPSA) is 87.7 Å². The van der Waals surface area contributed by atoms with Gasteiger partial charge in [0.2, 0.25) is 11.8 Å². The Morgan fingerprint density at radius 1 is 0.811 bits per heavy atom. The van der Waals surface area contributed by atoms with Gasteiger partial charge in [-0.25, -0.2) is 38.2 Å². The van der Waals surface area contributed by atoms with Crippen molar-refractivity contribution in [3.8, 4) is 0 Å². The molecule has 6 nitrogen and oxygen atoms in total. The van der Waals surface area contributed by atoms with E-state index in [1.807, 2.05) is 79.7 Å². The van der Waals surface area contributed by atoms with Crippen LogP contribution < -0.4 is 10.6 Å². The van der Waals surface area contributed by atoms with Gasteiger partial charge in [-0.15, -0.1) is 11.1 Å². The van der Waals surface area contributed by atoms with Gasteiger partial charge < -0.3 is 20.5 Å². The van der Waals surface area contributed by atoms with E-state index in [2.05, 4.69) is 24.5 Å². The van der Waals surface area contributed by atoms with Crippen molar-refractivity contribution in [1.29, 1.82) is 0 Å². The van der Waals surface area contributed by atoms with Gasteiger partial charge in [0.1, 0.15) is 0 Å². The Kier molecular flexibility index (Phi) is 35.8. The summed E-state index contributed by atoms with van der Waals surface area (Å²) in [6.07, 6.45) is 7.52. The number of benzene rings is 2. The van der Waals surface area contributed by atoms with Crippen LogP contribution in [0.15, 0.2) is 72.8 Å². The zero-order valence-corrected chi connectivity index (χ0v) is 28.6. The van der Waals surface area contributed by atoms with Crippen LogP contribution in [0.5, 0.6) is 0 Å². The maximum absolute atomic E-state index is 10.4. The van der Waals surface area contributed by atoms with Crippen LogP contribution in [0.3, 0.4) is 0 Å². The van der Waals surface area contributed by atoms with Gasteiger partial charge in [-0.1, -0.05) is 60.7 Å². The number of carbonyl (C=O) groups is 2. The number of carbonyl (C=O) groups excluding carboxylic acids is 2. The van der Waals surface area contributed by atoms with E-state index in [0.29, 0.717) is 6.61 Å². The number of rotatable bonds is 7. The minimum Gasteiger partial charge on any atom is -0.394 e. The first-order valence-electron chi connectivity index (χ1n) is 11.4. The summed E-state index contributed by atoms with van der Waals surface area (Å²) in [5.74, 6) is -0.119. The molecule has 2 radical (unpaired) electrons. The van der Waals surface area contributed by atoms with Crippen molar-refractivity contribution in [3.05, 3.63) is 97.8 Å². The Labute approximate surface area is 274 Å². The van der Waals surface area contributed by atoms with Gasteiger partial charge >= 0.3 is 0 Å². The molecule has 2 atom stereocenters. The third-order valence-electron chi connectivity index (χ3n) is 3.81. The summed E-state index contributed by atoms with van der Waals surface area (Å²) < 4.78 is 4.79. The van der Waals surface area contributed by atoms with Crippen LogP contribution in [0.4, 0.5) is 0 Å².